The summed E-state index contributed by atoms with van der Waals surface area (Å²) in [7, 11) is 3.44. The molecule has 1 heterocycles. The number of ether oxygens (including phenoxy) is 1. The first kappa shape index (κ1) is 21.9. The quantitative estimate of drug-likeness (QED) is 0.614. The number of benzene rings is 2. The normalized spacial score (nSPS) is 14.3. The van der Waals surface area contributed by atoms with Crippen LogP contribution in [0.4, 0.5) is 0 Å². The number of imidazole rings is 1. The number of nitrogens with one attached hydrogen (secondary N) is 1. The van der Waals surface area contributed by atoms with E-state index in [0.29, 0.717) is 23.2 Å². The minimum atomic E-state index is -0.244. The number of para-hydroxylation sites is 3. The largest absolute Gasteiger partial charge is 0.496 e. The Hall–Kier alpha value is -3.35. The third kappa shape index (κ3) is 4.61. The summed E-state index contributed by atoms with van der Waals surface area (Å²) in [5.41, 5.74) is 2.16. The number of hydrogen-bond acceptors (Lipinski definition) is 4. The van der Waals surface area contributed by atoms with Crippen LogP contribution in [-0.2, 0) is 17.9 Å². The van der Waals surface area contributed by atoms with Gasteiger partial charge >= 0.3 is 0 Å². The summed E-state index contributed by atoms with van der Waals surface area (Å²) in [5.74, 6) is 0.992. The molecule has 0 bridgehead atoms. The predicted molar refractivity (Wildman–Crippen MR) is 124 cm³/mol. The molecule has 4 rings (SSSR count). The number of carbonyl (C=O) groups is 2. The third-order valence-corrected chi connectivity index (χ3v) is 6.30. The molecule has 168 valence electrons. The fraction of sp³-hybridized carbons (Fsp3) is 0.400. The monoisotopic (exact) mass is 434 g/mol. The molecule has 0 unspecified atom stereocenters. The average Bonchev–Trinajstić information content (AvgIpc) is 3.19. The average molecular weight is 435 g/mol. The molecular weight excluding hydrogens is 404 g/mol. The second-order valence-corrected chi connectivity index (χ2v) is 8.28. The van der Waals surface area contributed by atoms with Crippen molar-refractivity contribution >= 4 is 22.8 Å². The molecule has 1 aliphatic rings. The van der Waals surface area contributed by atoms with Crippen molar-refractivity contribution in [3.63, 3.8) is 0 Å². The van der Waals surface area contributed by atoms with E-state index in [0.717, 1.165) is 23.9 Å². The van der Waals surface area contributed by atoms with E-state index >= 15 is 0 Å². The van der Waals surface area contributed by atoms with Crippen LogP contribution in [0.2, 0.25) is 0 Å². The van der Waals surface area contributed by atoms with Crippen molar-refractivity contribution in [3.05, 3.63) is 59.9 Å². The lowest BCUT2D eigenvalue weighted by molar-refractivity contribution is -0.133. The second-order valence-electron chi connectivity index (χ2n) is 8.28. The lowest BCUT2D eigenvalue weighted by Crippen LogP contribution is -2.40. The maximum absolute atomic E-state index is 13.1. The van der Waals surface area contributed by atoms with Gasteiger partial charge in [0, 0.05) is 13.1 Å². The van der Waals surface area contributed by atoms with Gasteiger partial charge in [-0.2, -0.15) is 0 Å². The van der Waals surface area contributed by atoms with Crippen molar-refractivity contribution in [2.24, 2.45) is 0 Å². The zero-order valence-electron chi connectivity index (χ0n) is 18.7. The molecule has 1 saturated carbocycles. The van der Waals surface area contributed by atoms with Gasteiger partial charge in [-0.25, -0.2) is 4.98 Å². The molecule has 1 aliphatic carbocycles. The smallest absolute Gasteiger partial charge is 0.255 e. The summed E-state index contributed by atoms with van der Waals surface area (Å²) >= 11 is 0. The number of likely N-dealkylation sites (N-methyl/N-ethyl adjacent to an activating group) is 1. The molecule has 7 heteroatoms. The zero-order valence-corrected chi connectivity index (χ0v) is 18.7. The van der Waals surface area contributed by atoms with Crippen molar-refractivity contribution < 1.29 is 14.3 Å². The van der Waals surface area contributed by atoms with Crippen molar-refractivity contribution in [1.82, 2.24) is 19.8 Å². The van der Waals surface area contributed by atoms with Gasteiger partial charge < -0.3 is 19.5 Å². The molecule has 2 aromatic carbocycles. The highest BCUT2D eigenvalue weighted by atomic mass is 16.5. The first-order valence-corrected chi connectivity index (χ1v) is 11.2. The maximum atomic E-state index is 13.1. The van der Waals surface area contributed by atoms with E-state index < -0.39 is 0 Å². The first-order chi connectivity index (χ1) is 15.6. The molecule has 3 aromatic rings. The summed E-state index contributed by atoms with van der Waals surface area (Å²) in [4.78, 5) is 32.5. The Bertz CT molecular complexity index is 1100. The minimum absolute atomic E-state index is 0.0670. The van der Waals surface area contributed by atoms with Gasteiger partial charge in [0.25, 0.3) is 5.91 Å². The van der Waals surface area contributed by atoms with Crippen LogP contribution in [0, 0.1) is 0 Å². The Morgan fingerprint density at radius 2 is 1.81 bits per heavy atom. The molecule has 1 aromatic heterocycles. The molecule has 0 spiro atoms. The molecule has 1 N–H and O–H groups in total. The fourth-order valence-corrected chi connectivity index (χ4v) is 4.44. The van der Waals surface area contributed by atoms with Gasteiger partial charge in [0.1, 0.15) is 18.1 Å². The van der Waals surface area contributed by atoms with Gasteiger partial charge in [0.2, 0.25) is 5.91 Å². The van der Waals surface area contributed by atoms with E-state index in [1.165, 1.54) is 19.3 Å². The summed E-state index contributed by atoms with van der Waals surface area (Å²) < 4.78 is 7.21. The highest BCUT2D eigenvalue weighted by Gasteiger charge is 2.24. The summed E-state index contributed by atoms with van der Waals surface area (Å²) in [6, 6.07) is 15.1. The van der Waals surface area contributed by atoms with Crippen LogP contribution in [0.15, 0.2) is 48.5 Å². The van der Waals surface area contributed by atoms with E-state index in [1.807, 2.05) is 46.8 Å². The zero-order chi connectivity index (χ0) is 22.5. The summed E-state index contributed by atoms with van der Waals surface area (Å²) in [5, 5.41) is 2.93. The summed E-state index contributed by atoms with van der Waals surface area (Å²) in [6.07, 6.45) is 5.73. The Morgan fingerprint density at radius 3 is 2.59 bits per heavy atom. The Balaban J connectivity index is 1.53. The standard InChI is InChI=1S/C25H30N4O3/c1-28(18-10-4-3-5-11-18)24(30)17-29-21-14-8-7-13-20(21)27-23(29)16-26-25(31)19-12-6-9-15-22(19)32-2/h6-9,12-15,18H,3-5,10-11,16-17H2,1-2H3,(H,26,31). The number of nitrogens with zero attached hydrogens (tertiary/aromatic N) is 3. The number of hydrogen-bond donors (Lipinski definition) is 1. The van der Waals surface area contributed by atoms with E-state index in [1.54, 1.807) is 25.3 Å². The van der Waals surface area contributed by atoms with E-state index in [9.17, 15) is 9.59 Å². The molecule has 32 heavy (non-hydrogen) atoms. The Kier molecular flexibility index (Phi) is 6.73. The molecule has 0 radical (unpaired) electrons. The van der Waals surface area contributed by atoms with Gasteiger partial charge in [0.05, 0.1) is 30.3 Å². The first-order valence-electron chi connectivity index (χ1n) is 11.2. The van der Waals surface area contributed by atoms with Crippen LogP contribution < -0.4 is 10.1 Å². The molecular formula is C25H30N4O3. The summed E-state index contributed by atoms with van der Waals surface area (Å²) in [6.45, 7) is 0.416. The lowest BCUT2D eigenvalue weighted by atomic mass is 9.94. The Morgan fingerprint density at radius 1 is 1.09 bits per heavy atom. The molecule has 0 saturated heterocycles. The number of amides is 2. The van der Waals surface area contributed by atoms with E-state index in [2.05, 4.69) is 5.32 Å². The van der Waals surface area contributed by atoms with Crippen LogP contribution in [0.5, 0.6) is 5.75 Å². The molecule has 0 aliphatic heterocycles. The molecule has 0 atom stereocenters. The fourth-order valence-electron chi connectivity index (χ4n) is 4.44. The topological polar surface area (TPSA) is 76.5 Å². The highest BCUT2D eigenvalue weighted by Crippen LogP contribution is 2.23. The predicted octanol–water partition coefficient (Wildman–Crippen LogP) is 3.77. The van der Waals surface area contributed by atoms with E-state index in [4.69, 9.17) is 9.72 Å². The highest BCUT2D eigenvalue weighted by molar-refractivity contribution is 5.96. The minimum Gasteiger partial charge on any atom is -0.496 e. The van der Waals surface area contributed by atoms with Gasteiger partial charge in [-0.3, -0.25) is 9.59 Å². The van der Waals surface area contributed by atoms with Crippen molar-refractivity contribution in [2.75, 3.05) is 14.2 Å². The van der Waals surface area contributed by atoms with Gasteiger partial charge in [-0.05, 0) is 37.1 Å². The Labute approximate surface area is 188 Å². The maximum Gasteiger partial charge on any atom is 0.255 e. The van der Waals surface area contributed by atoms with Crippen LogP contribution in [0.1, 0.15) is 48.3 Å². The van der Waals surface area contributed by atoms with Crippen molar-refractivity contribution in [3.8, 4) is 5.75 Å². The third-order valence-electron chi connectivity index (χ3n) is 6.30. The number of fused-ring (bicyclic) bond motifs is 1. The van der Waals surface area contributed by atoms with Crippen molar-refractivity contribution in [1.29, 1.82) is 0 Å². The van der Waals surface area contributed by atoms with Crippen LogP contribution in [-0.4, -0.2) is 46.5 Å². The number of aromatic nitrogens is 2. The SMILES string of the molecule is COc1ccccc1C(=O)NCc1nc2ccccc2n1CC(=O)N(C)C1CCCCC1. The number of rotatable bonds is 7. The van der Waals surface area contributed by atoms with Crippen molar-refractivity contribution in [2.45, 2.75) is 51.2 Å². The van der Waals surface area contributed by atoms with E-state index in [-0.39, 0.29) is 24.9 Å². The van der Waals surface area contributed by atoms with Gasteiger partial charge in [-0.15, -0.1) is 0 Å². The molecule has 2 amide bonds. The van der Waals surface area contributed by atoms with Crippen LogP contribution >= 0.6 is 0 Å². The van der Waals surface area contributed by atoms with Crippen LogP contribution in [0.25, 0.3) is 11.0 Å². The number of methoxy groups -OCH3 is 1. The lowest BCUT2D eigenvalue weighted by Gasteiger charge is -2.31. The molecule has 7 nitrogen and oxygen atoms in total. The van der Waals surface area contributed by atoms with Crippen LogP contribution in [0.3, 0.4) is 0 Å². The van der Waals surface area contributed by atoms with Gasteiger partial charge in [0.15, 0.2) is 0 Å². The van der Waals surface area contributed by atoms with Gasteiger partial charge in [-0.1, -0.05) is 43.5 Å². The molecule has 1 fully saturated rings. The number of carbonyl (C=O) groups excluding carboxylic acids is 2. The second kappa shape index (κ2) is 9.85.